The van der Waals surface area contributed by atoms with E-state index >= 15 is 0 Å². The fourth-order valence-corrected chi connectivity index (χ4v) is 2.44. The Morgan fingerprint density at radius 2 is 2.40 bits per heavy atom. The third kappa shape index (κ3) is 3.16. The molecule has 1 fully saturated rings. The Morgan fingerprint density at radius 1 is 1.55 bits per heavy atom. The van der Waals surface area contributed by atoms with Gasteiger partial charge in [0.05, 0.1) is 30.3 Å². The van der Waals surface area contributed by atoms with Crippen LogP contribution in [0.5, 0.6) is 0 Å². The predicted octanol–water partition coefficient (Wildman–Crippen LogP) is 0.379. The summed E-state index contributed by atoms with van der Waals surface area (Å²) in [7, 11) is 0. The smallest absolute Gasteiger partial charge is 0.255 e. The van der Waals surface area contributed by atoms with Crippen molar-refractivity contribution in [3.8, 4) is 11.8 Å². The molecule has 2 heterocycles. The predicted molar refractivity (Wildman–Crippen MR) is 75.9 cm³/mol. The zero-order chi connectivity index (χ0) is 14.4. The largest absolute Gasteiger partial charge is 0.394 e. The molecule has 106 valence electrons. The van der Waals surface area contributed by atoms with Crippen molar-refractivity contribution in [3.63, 3.8) is 0 Å². The SMILES string of the molecule is NCC#Cc1cnccc1C(=O)N1CCCCC1CO. The molecule has 3 N–H and O–H groups in total. The van der Waals surface area contributed by atoms with Gasteiger partial charge in [0.15, 0.2) is 0 Å². The number of pyridine rings is 1. The zero-order valence-electron chi connectivity index (χ0n) is 11.4. The van der Waals surface area contributed by atoms with Crippen LogP contribution < -0.4 is 5.73 Å². The van der Waals surface area contributed by atoms with E-state index < -0.39 is 0 Å². The molecule has 20 heavy (non-hydrogen) atoms. The second-order valence-electron chi connectivity index (χ2n) is 4.76. The fraction of sp³-hybridized carbons (Fsp3) is 0.467. The average molecular weight is 273 g/mol. The molecule has 1 unspecified atom stereocenters. The van der Waals surface area contributed by atoms with Crippen LogP contribution in [0, 0.1) is 11.8 Å². The first-order valence-corrected chi connectivity index (χ1v) is 6.82. The van der Waals surface area contributed by atoms with Gasteiger partial charge in [-0.05, 0) is 25.3 Å². The molecular weight excluding hydrogens is 254 g/mol. The minimum Gasteiger partial charge on any atom is -0.394 e. The molecule has 0 radical (unpaired) electrons. The van der Waals surface area contributed by atoms with E-state index in [2.05, 4.69) is 16.8 Å². The lowest BCUT2D eigenvalue weighted by molar-refractivity contribution is 0.0502. The number of hydrogen-bond acceptors (Lipinski definition) is 4. The first-order chi connectivity index (χ1) is 9.77. The number of hydrogen-bond donors (Lipinski definition) is 2. The normalized spacial score (nSPS) is 18.3. The maximum Gasteiger partial charge on any atom is 0.255 e. The van der Waals surface area contributed by atoms with Crippen LogP contribution in [0.1, 0.15) is 35.2 Å². The molecule has 1 aliphatic rings. The Hall–Kier alpha value is -1.90. The van der Waals surface area contributed by atoms with Gasteiger partial charge in [-0.2, -0.15) is 0 Å². The minimum atomic E-state index is -0.0975. The van der Waals surface area contributed by atoms with Crippen molar-refractivity contribution in [2.45, 2.75) is 25.3 Å². The fourth-order valence-electron chi connectivity index (χ4n) is 2.44. The second-order valence-corrected chi connectivity index (χ2v) is 4.76. The molecule has 5 nitrogen and oxygen atoms in total. The van der Waals surface area contributed by atoms with Crippen molar-refractivity contribution < 1.29 is 9.90 Å². The molecule has 1 atom stereocenters. The molecule has 0 saturated carbocycles. The standard InChI is InChI=1S/C15H19N3O2/c16-7-3-4-12-10-17-8-6-14(12)15(20)18-9-2-1-5-13(18)11-19/h6,8,10,13,19H,1-2,5,7,9,11,16H2. The maximum absolute atomic E-state index is 12.6. The van der Waals surface area contributed by atoms with Gasteiger partial charge >= 0.3 is 0 Å². The Kier molecular flexibility index (Phi) is 5.10. The van der Waals surface area contributed by atoms with E-state index in [4.69, 9.17) is 5.73 Å². The first-order valence-electron chi connectivity index (χ1n) is 6.82. The van der Waals surface area contributed by atoms with Crippen LogP contribution in [0.3, 0.4) is 0 Å². The van der Waals surface area contributed by atoms with Gasteiger partial charge in [-0.1, -0.05) is 11.8 Å². The van der Waals surface area contributed by atoms with Crippen LogP contribution in [-0.2, 0) is 0 Å². The molecule has 1 aromatic heterocycles. The number of carbonyl (C=O) groups is 1. The highest BCUT2D eigenvalue weighted by Gasteiger charge is 2.27. The van der Waals surface area contributed by atoms with E-state index in [1.165, 1.54) is 0 Å². The second kappa shape index (κ2) is 7.04. The maximum atomic E-state index is 12.6. The molecule has 1 saturated heterocycles. The summed E-state index contributed by atoms with van der Waals surface area (Å²) in [6.07, 6.45) is 6.02. The molecule has 1 amide bonds. The van der Waals surface area contributed by atoms with Crippen molar-refractivity contribution in [1.82, 2.24) is 9.88 Å². The lowest BCUT2D eigenvalue weighted by atomic mass is 10.0. The quantitative estimate of drug-likeness (QED) is 0.763. The van der Waals surface area contributed by atoms with E-state index in [0.29, 0.717) is 17.7 Å². The minimum absolute atomic E-state index is 0.000630. The molecule has 0 spiro atoms. The highest BCUT2D eigenvalue weighted by Crippen LogP contribution is 2.20. The van der Waals surface area contributed by atoms with Gasteiger partial charge in [-0.3, -0.25) is 9.78 Å². The number of carbonyl (C=O) groups excluding carboxylic acids is 1. The molecule has 0 aliphatic carbocycles. The van der Waals surface area contributed by atoms with Gasteiger partial charge in [0.2, 0.25) is 0 Å². The highest BCUT2D eigenvalue weighted by molar-refractivity contribution is 5.96. The van der Waals surface area contributed by atoms with Crippen LogP contribution in [0.4, 0.5) is 0 Å². The van der Waals surface area contributed by atoms with Gasteiger partial charge in [0, 0.05) is 18.9 Å². The Balaban J connectivity index is 2.28. The number of aliphatic hydroxyl groups excluding tert-OH is 1. The summed E-state index contributed by atoms with van der Waals surface area (Å²) in [6.45, 7) is 0.919. The van der Waals surface area contributed by atoms with Crippen molar-refractivity contribution in [3.05, 3.63) is 29.6 Å². The number of nitrogens with two attached hydrogens (primary N) is 1. The van der Waals surface area contributed by atoms with E-state index in [-0.39, 0.29) is 25.1 Å². The molecule has 2 rings (SSSR count). The van der Waals surface area contributed by atoms with Crippen molar-refractivity contribution >= 4 is 5.91 Å². The molecule has 1 aromatic rings. The summed E-state index contributed by atoms with van der Waals surface area (Å²) in [5, 5.41) is 9.42. The lowest BCUT2D eigenvalue weighted by Crippen LogP contribution is -2.45. The highest BCUT2D eigenvalue weighted by atomic mass is 16.3. The van der Waals surface area contributed by atoms with E-state index in [1.807, 2.05) is 0 Å². The van der Waals surface area contributed by atoms with E-state index in [0.717, 1.165) is 19.3 Å². The first kappa shape index (κ1) is 14.5. The third-order valence-electron chi connectivity index (χ3n) is 3.48. The van der Waals surface area contributed by atoms with Gasteiger partial charge in [-0.25, -0.2) is 0 Å². The number of aliphatic hydroxyl groups is 1. The number of amides is 1. The Labute approximate surface area is 118 Å². The van der Waals surface area contributed by atoms with Crippen LogP contribution in [0.2, 0.25) is 0 Å². The summed E-state index contributed by atoms with van der Waals surface area (Å²) in [6, 6.07) is 1.58. The van der Waals surface area contributed by atoms with Gasteiger partial charge in [-0.15, -0.1) is 0 Å². The van der Waals surface area contributed by atoms with E-state index in [9.17, 15) is 9.90 Å². The molecule has 0 aromatic carbocycles. The summed E-state index contributed by atoms with van der Waals surface area (Å²) in [5.74, 6) is 5.53. The summed E-state index contributed by atoms with van der Waals surface area (Å²) in [4.78, 5) is 18.4. The van der Waals surface area contributed by atoms with Crippen LogP contribution >= 0.6 is 0 Å². The average Bonchev–Trinajstić information content (AvgIpc) is 2.52. The monoisotopic (exact) mass is 273 g/mol. The molecular formula is C15H19N3O2. The van der Waals surface area contributed by atoms with Crippen LogP contribution in [0.15, 0.2) is 18.5 Å². The number of likely N-dealkylation sites (tertiary alicyclic amines) is 1. The molecule has 0 bridgehead atoms. The van der Waals surface area contributed by atoms with Crippen LogP contribution in [0.25, 0.3) is 0 Å². The van der Waals surface area contributed by atoms with Crippen LogP contribution in [-0.4, -0.2) is 46.6 Å². The number of aromatic nitrogens is 1. The number of rotatable bonds is 2. The molecule has 1 aliphatic heterocycles. The zero-order valence-corrected chi connectivity index (χ0v) is 11.4. The summed E-state index contributed by atoms with van der Waals surface area (Å²) in [5.41, 5.74) is 6.48. The summed E-state index contributed by atoms with van der Waals surface area (Å²) < 4.78 is 0. The van der Waals surface area contributed by atoms with Crippen molar-refractivity contribution in [2.75, 3.05) is 19.7 Å². The van der Waals surface area contributed by atoms with Crippen molar-refractivity contribution in [2.24, 2.45) is 5.73 Å². The summed E-state index contributed by atoms with van der Waals surface area (Å²) >= 11 is 0. The molecule has 5 heteroatoms. The van der Waals surface area contributed by atoms with Crippen molar-refractivity contribution in [1.29, 1.82) is 0 Å². The third-order valence-corrected chi connectivity index (χ3v) is 3.48. The van der Waals surface area contributed by atoms with Gasteiger partial charge < -0.3 is 15.7 Å². The van der Waals surface area contributed by atoms with Gasteiger partial charge in [0.1, 0.15) is 0 Å². The Bertz CT molecular complexity index is 533. The number of piperidine rings is 1. The number of nitrogens with zero attached hydrogens (tertiary/aromatic N) is 2. The Morgan fingerprint density at radius 3 is 3.15 bits per heavy atom. The van der Waals surface area contributed by atoms with E-state index in [1.54, 1.807) is 23.4 Å². The van der Waals surface area contributed by atoms with Gasteiger partial charge in [0.25, 0.3) is 5.91 Å². The topological polar surface area (TPSA) is 79.5 Å². The lowest BCUT2D eigenvalue weighted by Gasteiger charge is -2.34.